The van der Waals surface area contributed by atoms with Gasteiger partial charge in [-0.2, -0.15) is 0 Å². The van der Waals surface area contributed by atoms with Crippen LogP contribution in [0.3, 0.4) is 0 Å². The van der Waals surface area contributed by atoms with E-state index >= 15 is 0 Å². The van der Waals surface area contributed by atoms with Gasteiger partial charge in [0, 0.05) is 38.1 Å². The van der Waals surface area contributed by atoms with Gasteiger partial charge < -0.3 is 19.9 Å². The second-order valence-corrected chi connectivity index (χ2v) is 8.48. The van der Waals surface area contributed by atoms with Crippen molar-refractivity contribution >= 4 is 17.9 Å². The van der Waals surface area contributed by atoms with Crippen molar-refractivity contribution in [1.29, 1.82) is 0 Å². The zero-order valence-corrected chi connectivity index (χ0v) is 17.3. The molecule has 0 saturated carbocycles. The standard InChI is InChI=1S/C20H31N5O3/c1-5-14-12-21-18(22-13-14)24-9-6-15(7-10-24)25-11-8-16(17(25)26)23-19(27)28-20(2,3)4/h12-13,15-16H,5-11H2,1-4H3,(H,23,27). The maximum absolute atomic E-state index is 12.7. The van der Waals surface area contributed by atoms with E-state index in [-0.39, 0.29) is 11.9 Å². The van der Waals surface area contributed by atoms with Crippen molar-refractivity contribution < 1.29 is 14.3 Å². The zero-order chi connectivity index (χ0) is 20.3. The molecule has 1 aromatic heterocycles. The molecular formula is C20H31N5O3. The number of amides is 2. The zero-order valence-electron chi connectivity index (χ0n) is 17.3. The van der Waals surface area contributed by atoms with Gasteiger partial charge in [0.1, 0.15) is 11.6 Å². The van der Waals surface area contributed by atoms with Gasteiger partial charge in [0.25, 0.3) is 0 Å². The van der Waals surface area contributed by atoms with Gasteiger partial charge in [0.05, 0.1) is 0 Å². The summed E-state index contributed by atoms with van der Waals surface area (Å²) in [5.74, 6) is 0.751. The van der Waals surface area contributed by atoms with Gasteiger partial charge in [-0.3, -0.25) is 4.79 Å². The number of anilines is 1. The number of nitrogens with zero attached hydrogens (tertiary/aromatic N) is 4. The lowest BCUT2D eigenvalue weighted by atomic mass is 10.0. The van der Waals surface area contributed by atoms with Gasteiger partial charge in [0.2, 0.25) is 11.9 Å². The van der Waals surface area contributed by atoms with E-state index in [1.165, 1.54) is 0 Å². The third kappa shape index (κ3) is 4.91. The lowest BCUT2D eigenvalue weighted by Crippen LogP contribution is -2.49. The quantitative estimate of drug-likeness (QED) is 0.849. The van der Waals surface area contributed by atoms with E-state index < -0.39 is 17.7 Å². The fourth-order valence-corrected chi connectivity index (χ4v) is 3.72. The van der Waals surface area contributed by atoms with Crippen molar-refractivity contribution in [3.8, 4) is 0 Å². The number of hydrogen-bond acceptors (Lipinski definition) is 6. The van der Waals surface area contributed by atoms with Crippen molar-refractivity contribution in [3.63, 3.8) is 0 Å². The van der Waals surface area contributed by atoms with Crippen LogP contribution >= 0.6 is 0 Å². The molecule has 0 spiro atoms. The maximum Gasteiger partial charge on any atom is 0.408 e. The molecule has 0 radical (unpaired) electrons. The number of rotatable bonds is 4. The molecule has 3 heterocycles. The molecule has 1 atom stereocenters. The second kappa shape index (κ2) is 8.32. The molecule has 28 heavy (non-hydrogen) atoms. The van der Waals surface area contributed by atoms with Crippen LogP contribution in [-0.2, 0) is 16.0 Å². The minimum absolute atomic E-state index is 0.00661. The van der Waals surface area contributed by atoms with Crippen LogP contribution in [0.25, 0.3) is 0 Å². The predicted molar refractivity (Wildman–Crippen MR) is 106 cm³/mol. The molecule has 2 aliphatic heterocycles. The van der Waals surface area contributed by atoms with Crippen LogP contribution in [0.1, 0.15) is 52.5 Å². The number of alkyl carbamates (subject to hydrolysis) is 1. The Hall–Kier alpha value is -2.38. The van der Waals surface area contributed by atoms with Gasteiger partial charge in [-0.25, -0.2) is 14.8 Å². The summed E-state index contributed by atoms with van der Waals surface area (Å²) in [4.78, 5) is 37.7. The Morgan fingerprint density at radius 3 is 2.39 bits per heavy atom. The molecule has 8 nitrogen and oxygen atoms in total. The Balaban J connectivity index is 1.50. The van der Waals surface area contributed by atoms with Crippen LogP contribution < -0.4 is 10.2 Å². The summed E-state index contributed by atoms with van der Waals surface area (Å²) < 4.78 is 5.27. The molecular weight excluding hydrogens is 358 g/mol. The molecule has 2 aliphatic rings. The van der Waals surface area contributed by atoms with Crippen LogP contribution in [0.2, 0.25) is 0 Å². The second-order valence-electron chi connectivity index (χ2n) is 8.48. The van der Waals surface area contributed by atoms with E-state index in [9.17, 15) is 9.59 Å². The molecule has 2 fully saturated rings. The average molecular weight is 390 g/mol. The van der Waals surface area contributed by atoms with Crippen LogP contribution in [0.5, 0.6) is 0 Å². The number of piperidine rings is 1. The Labute approximate surface area is 166 Å². The Bertz CT molecular complexity index is 693. The highest BCUT2D eigenvalue weighted by Crippen LogP contribution is 2.24. The first kappa shape index (κ1) is 20.4. The lowest BCUT2D eigenvalue weighted by Gasteiger charge is -2.36. The molecule has 1 unspecified atom stereocenters. The summed E-state index contributed by atoms with van der Waals surface area (Å²) in [6.07, 6.45) is 6.54. The highest BCUT2D eigenvalue weighted by atomic mass is 16.6. The summed E-state index contributed by atoms with van der Waals surface area (Å²) in [5, 5.41) is 2.72. The van der Waals surface area contributed by atoms with Crippen LogP contribution in [-0.4, -0.2) is 64.2 Å². The molecule has 1 N–H and O–H groups in total. The van der Waals surface area contributed by atoms with Crippen LogP contribution in [0.4, 0.5) is 10.7 Å². The van der Waals surface area contributed by atoms with E-state index in [0.717, 1.165) is 43.9 Å². The number of ether oxygens (including phenoxy) is 1. The smallest absolute Gasteiger partial charge is 0.408 e. The fourth-order valence-electron chi connectivity index (χ4n) is 3.72. The molecule has 2 amide bonds. The topological polar surface area (TPSA) is 87.7 Å². The molecule has 0 bridgehead atoms. The average Bonchev–Trinajstić information content (AvgIpc) is 3.01. The minimum atomic E-state index is -0.574. The van der Waals surface area contributed by atoms with E-state index in [4.69, 9.17) is 4.74 Å². The number of carbonyl (C=O) groups is 2. The van der Waals surface area contributed by atoms with E-state index in [1.807, 2.05) is 38.1 Å². The van der Waals surface area contributed by atoms with Crippen molar-refractivity contribution in [2.24, 2.45) is 0 Å². The molecule has 8 heteroatoms. The van der Waals surface area contributed by atoms with Gasteiger partial charge in [-0.05, 0) is 52.0 Å². The normalized spacial score (nSPS) is 21.1. The fraction of sp³-hybridized carbons (Fsp3) is 0.700. The van der Waals surface area contributed by atoms with Crippen molar-refractivity contribution in [3.05, 3.63) is 18.0 Å². The van der Waals surface area contributed by atoms with Crippen molar-refractivity contribution in [2.45, 2.75) is 71.1 Å². The summed E-state index contributed by atoms with van der Waals surface area (Å²) >= 11 is 0. The monoisotopic (exact) mass is 389 g/mol. The number of hydrogen-bond donors (Lipinski definition) is 1. The Morgan fingerprint density at radius 1 is 1.18 bits per heavy atom. The maximum atomic E-state index is 12.7. The van der Waals surface area contributed by atoms with Gasteiger partial charge in [-0.15, -0.1) is 0 Å². The third-order valence-electron chi connectivity index (χ3n) is 5.22. The van der Waals surface area contributed by atoms with Crippen molar-refractivity contribution in [1.82, 2.24) is 20.2 Å². The Kier molecular flexibility index (Phi) is 6.05. The summed E-state index contributed by atoms with van der Waals surface area (Å²) in [7, 11) is 0. The largest absolute Gasteiger partial charge is 0.444 e. The van der Waals surface area contributed by atoms with Crippen LogP contribution in [0.15, 0.2) is 12.4 Å². The molecule has 0 aliphatic carbocycles. The third-order valence-corrected chi connectivity index (χ3v) is 5.22. The predicted octanol–water partition coefficient (Wildman–Crippen LogP) is 2.13. The number of aromatic nitrogens is 2. The lowest BCUT2D eigenvalue weighted by molar-refractivity contribution is -0.131. The van der Waals surface area contributed by atoms with Gasteiger partial charge in [0.15, 0.2) is 0 Å². The molecule has 0 aromatic carbocycles. The van der Waals surface area contributed by atoms with E-state index in [1.54, 1.807) is 0 Å². The Morgan fingerprint density at radius 2 is 1.82 bits per heavy atom. The summed E-state index contributed by atoms with van der Waals surface area (Å²) in [6, 6.07) is -0.290. The summed E-state index contributed by atoms with van der Waals surface area (Å²) in [5.41, 5.74) is 0.556. The van der Waals surface area contributed by atoms with Gasteiger partial charge >= 0.3 is 6.09 Å². The number of nitrogens with one attached hydrogen (secondary N) is 1. The first-order valence-corrected chi connectivity index (χ1v) is 10.1. The van der Waals surface area contributed by atoms with Crippen LogP contribution in [0, 0.1) is 0 Å². The summed E-state index contributed by atoms with van der Waals surface area (Å²) in [6.45, 7) is 9.83. The highest BCUT2D eigenvalue weighted by molar-refractivity contribution is 5.87. The molecule has 3 rings (SSSR count). The number of carbonyl (C=O) groups excluding carboxylic acids is 2. The van der Waals surface area contributed by atoms with E-state index in [0.29, 0.717) is 13.0 Å². The SMILES string of the molecule is CCc1cnc(N2CCC(N3CCC(NC(=O)OC(C)(C)C)C3=O)CC2)nc1. The van der Waals surface area contributed by atoms with Crippen molar-refractivity contribution in [2.75, 3.05) is 24.5 Å². The highest BCUT2D eigenvalue weighted by Gasteiger charge is 2.38. The van der Waals surface area contributed by atoms with Gasteiger partial charge in [-0.1, -0.05) is 6.92 Å². The first-order valence-electron chi connectivity index (χ1n) is 10.1. The minimum Gasteiger partial charge on any atom is -0.444 e. The molecule has 1 aromatic rings. The number of likely N-dealkylation sites (tertiary alicyclic amines) is 1. The molecule has 2 saturated heterocycles. The first-order chi connectivity index (χ1) is 13.3. The molecule has 154 valence electrons. The van der Waals surface area contributed by atoms with E-state index in [2.05, 4.69) is 27.1 Å². The number of aryl methyl sites for hydroxylation is 1.